The highest BCUT2D eigenvalue weighted by atomic mass is 16.5. The minimum Gasteiger partial charge on any atom is -0.366 e. The van der Waals surface area contributed by atoms with Gasteiger partial charge < -0.3 is 9.42 Å². The zero-order chi connectivity index (χ0) is 17.8. The van der Waals surface area contributed by atoms with Crippen LogP contribution in [0.2, 0.25) is 0 Å². The Bertz CT molecular complexity index is 881. The van der Waals surface area contributed by atoms with E-state index in [2.05, 4.69) is 43.1 Å². The van der Waals surface area contributed by atoms with Crippen molar-refractivity contribution >= 4 is 12.0 Å². The Morgan fingerprint density at radius 2 is 1.84 bits per heavy atom. The molecule has 0 spiro atoms. The van der Waals surface area contributed by atoms with E-state index >= 15 is 0 Å². The molecule has 0 aliphatic carbocycles. The van der Waals surface area contributed by atoms with Gasteiger partial charge in [-0.15, -0.1) is 0 Å². The third-order valence-corrected chi connectivity index (χ3v) is 4.28. The third-order valence-electron chi connectivity index (χ3n) is 4.28. The lowest BCUT2D eigenvalue weighted by atomic mass is 10.0. The van der Waals surface area contributed by atoms with Crippen LogP contribution in [0.25, 0.3) is 22.6 Å². The Balaban J connectivity index is 1.92. The maximum atomic E-state index is 5.60. The van der Waals surface area contributed by atoms with Crippen molar-refractivity contribution in [1.82, 2.24) is 10.1 Å². The summed E-state index contributed by atoms with van der Waals surface area (Å²) in [6.45, 7) is 7.17. The van der Waals surface area contributed by atoms with Crippen LogP contribution in [-0.4, -0.2) is 30.0 Å². The van der Waals surface area contributed by atoms with E-state index in [-0.39, 0.29) is 0 Å². The molecule has 4 nitrogen and oxygen atoms in total. The van der Waals surface area contributed by atoms with Crippen LogP contribution in [0, 0.1) is 13.8 Å². The van der Waals surface area contributed by atoms with Crippen molar-refractivity contribution in [3.05, 3.63) is 59.7 Å². The molecule has 0 aliphatic rings. The minimum absolute atomic E-state index is 0.778. The van der Waals surface area contributed by atoms with Crippen LogP contribution in [0.3, 0.4) is 0 Å². The average molecular weight is 333 g/mol. The molecule has 1 heterocycles. The molecule has 3 rings (SSSR count). The second-order valence-electron chi connectivity index (χ2n) is 6.21. The summed E-state index contributed by atoms with van der Waals surface area (Å²) >= 11 is 0. The fourth-order valence-corrected chi connectivity index (χ4v) is 2.60. The Morgan fingerprint density at radius 3 is 2.56 bits per heavy atom. The lowest BCUT2D eigenvalue weighted by Crippen LogP contribution is -2.14. The number of benzene rings is 2. The minimum atomic E-state index is 0.778. The summed E-state index contributed by atoms with van der Waals surface area (Å²) in [6.07, 6.45) is 1.86. The summed E-state index contributed by atoms with van der Waals surface area (Å²) in [7, 11) is 2.01. The van der Waals surface area contributed by atoms with E-state index in [4.69, 9.17) is 4.52 Å². The Labute approximate surface area is 148 Å². The first kappa shape index (κ1) is 17.0. The molecule has 0 saturated heterocycles. The fourth-order valence-electron chi connectivity index (χ4n) is 2.60. The molecule has 1 aromatic heterocycles. The summed E-state index contributed by atoms with van der Waals surface area (Å²) in [5.74, 6) is 0.778. The SMILES string of the molecule is CCN(C)C=Nc1cc(C)c(-c2cc(-c3ccccc3)no2)cc1C. The van der Waals surface area contributed by atoms with Crippen LogP contribution < -0.4 is 0 Å². The predicted octanol–water partition coefficient (Wildman–Crippen LogP) is 5.24. The predicted molar refractivity (Wildman–Crippen MR) is 103 cm³/mol. The van der Waals surface area contributed by atoms with Gasteiger partial charge in [-0.2, -0.15) is 0 Å². The fraction of sp³-hybridized carbons (Fsp3) is 0.238. The van der Waals surface area contributed by atoms with Crippen LogP contribution in [0.1, 0.15) is 18.1 Å². The van der Waals surface area contributed by atoms with E-state index in [0.29, 0.717) is 0 Å². The number of rotatable bonds is 5. The first-order valence-corrected chi connectivity index (χ1v) is 8.46. The zero-order valence-electron chi connectivity index (χ0n) is 15.2. The lowest BCUT2D eigenvalue weighted by molar-refractivity contribution is 0.434. The maximum Gasteiger partial charge on any atom is 0.167 e. The van der Waals surface area contributed by atoms with Gasteiger partial charge in [0.05, 0.1) is 12.0 Å². The Hall–Kier alpha value is -2.88. The summed E-state index contributed by atoms with van der Waals surface area (Å²) in [5.41, 5.74) is 6.15. The monoisotopic (exact) mass is 333 g/mol. The first-order chi connectivity index (χ1) is 12.1. The lowest BCUT2D eigenvalue weighted by Gasteiger charge is -2.10. The van der Waals surface area contributed by atoms with Gasteiger partial charge in [-0.3, -0.25) is 0 Å². The van der Waals surface area contributed by atoms with Gasteiger partial charge in [0, 0.05) is 30.8 Å². The largest absolute Gasteiger partial charge is 0.366 e. The van der Waals surface area contributed by atoms with Gasteiger partial charge in [0.25, 0.3) is 0 Å². The van der Waals surface area contributed by atoms with E-state index < -0.39 is 0 Å². The summed E-state index contributed by atoms with van der Waals surface area (Å²) in [4.78, 5) is 6.63. The molecule has 0 unspecified atom stereocenters. The highest BCUT2D eigenvalue weighted by Crippen LogP contribution is 2.32. The number of hydrogen-bond donors (Lipinski definition) is 0. The molecule has 4 heteroatoms. The number of aromatic nitrogens is 1. The Morgan fingerprint density at radius 1 is 1.08 bits per heavy atom. The van der Waals surface area contributed by atoms with Crippen LogP contribution in [0.15, 0.2) is 58.0 Å². The molecular formula is C21H23N3O. The first-order valence-electron chi connectivity index (χ1n) is 8.46. The van der Waals surface area contributed by atoms with E-state index in [1.165, 1.54) is 0 Å². The molecule has 25 heavy (non-hydrogen) atoms. The molecule has 0 radical (unpaired) electrons. The smallest absolute Gasteiger partial charge is 0.167 e. The molecular weight excluding hydrogens is 310 g/mol. The van der Waals surface area contributed by atoms with Gasteiger partial charge in [-0.25, -0.2) is 4.99 Å². The summed E-state index contributed by atoms with van der Waals surface area (Å²) in [6, 6.07) is 16.2. The van der Waals surface area contributed by atoms with Gasteiger partial charge >= 0.3 is 0 Å². The van der Waals surface area contributed by atoms with Gasteiger partial charge in [-0.05, 0) is 44.0 Å². The van der Waals surface area contributed by atoms with E-state index in [1.54, 1.807) is 0 Å². The molecule has 0 amide bonds. The topological polar surface area (TPSA) is 41.6 Å². The van der Waals surface area contributed by atoms with Crippen LogP contribution in [0.5, 0.6) is 0 Å². The number of nitrogens with zero attached hydrogens (tertiary/aromatic N) is 3. The highest BCUT2D eigenvalue weighted by molar-refractivity contribution is 5.73. The molecule has 128 valence electrons. The Kier molecular flexibility index (Phi) is 4.98. The van der Waals surface area contributed by atoms with Gasteiger partial charge in [0.15, 0.2) is 5.76 Å². The third kappa shape index (κ3) is 3.79. The van der Waals surface area contributed by atoms with Crippen molar-refractivity contribution in [1.29, 1.82) is 0 Å². The molecule has 3 aromatic rings. The molecule has 0 fully saturated rings. The van der Waals surface area contributed by atoms with E-state index in [1.807, 2.05) is 54.7 Å². The maximum absolute atomic E-state index is 5.60. The van der Waals surface area contributed by atoms with E-state index in [9.17, 15) is 0 Å². The average Bonchev–Trinajstić information content (AvgIpc) is 3.12. The molecule has 0 saturated carbocycles. The van der Waals surface area contributed by atoms with Gasteiger partial charge in [0.1, 0.15) is 5.69 Å². The zero-order valence-corrected chi connectivity index (χ0v) is 15.2. The van der Waals surface area contributed by atoms with Crippen LogP contribution >= 0.6 is 0 Å². The van der Waals surface area contributed by atoms with Crippen molar-refractivity contribution in [2.75, 3.05) is 13.6 Å². The molecule has 0 bridgehead atoms. The second-order valence-corrected chi connectivity index (χ2v) is 6.21. The van der Waals surface area contributed by atoms with Gasteiger partial charge in [0.2, 0.25) is 0 Å². The molecule has 0 atom stereocenters. The van der Waals surface area contributed by atoms with Crippen molar-refractivity contribution < 1.29 is 4.52 Å². The standard InChI is InChI=1S/C21H23N3O/c1-5-24(4)14-22-19-12-15(2)18(11-16(19)3)21-13-20(23-25-21)17-9-7-6-8-10-17/h6-14H,5H2,1-4H3. The van der Waals surface area contributed by atoms with Gasteiger partial charge in [-0.1, -0.05) is 35.5 Å². The van der Waals surface area contributed by atoms with Crippen molar-refractivity contribution in [2.45, 2.75) is 20.8 Å². The molecule has 0 aliphatic heterocycles. The van der Waals surface area contributed by atoms with Crippen LogP contribution in [-0.2, 0) is 0 Å². The molecule has 0 N–H and O–H groups in total. The number of aryl methyl sites for hydroxylation is 2. The second kappa shape index (κ2) is 7.34. The highest BCUT2D eigenvalue weighted by Gasteiger charge is 2.12. The normalized spacial score (nSPS) is 11.2. The number of hydrogen-bond acceptors (Lipinski definition) is 3. The molecule has 2 aromatic carbocycles. The summed E-state index contributed by atoms with van der Waals surface area (Å²) < 4.78 is 5.60. The summed E-state index contributed by atoms with van der Waals surface area (Å²) in [5, 5.41) is 4.22. The van der Waals surface area contributed by atoms with E-state index in [0.717, 1.165) is 45.9 Å². The number of aliphatic imine (C=N–C) groups is 1. The van der Waals surface area contributed by atoms with Crippen LogP contribution in [0.4, 0.5) is 5.69 Å². The van der Waals surface area contributed by atoms with Crippen molar-refractivity contribution in [3.8, 4) is 22.6 Å². The van der Waals surface area contributed by atoms with Crippen molar-refractivity contribution in [3.63, 3.8) is 0 Å². The quantitative estimate of drug-likeness (QED) is 0.474. The van der Waals surface area contributed by atoms with Crippen molar-refractivity contribution in [2.24, 2.45) is 4.99 Å².